The van der Waals surface area contributed by atoms with E-state index in [0.29, 0.717) is 17.2 Å². The average Bonchev–Trinajstić information content (AvgIpc) is 2.39. The number of fused-ring (bicyclic) bond motifs is 1. The molecule has 0 amide bonds. The SMILES string of the molecule is Cc1cc2nc(N(C)CC3(C)CNC3)nc(N)c2cc1C. The average molecular weight is 285 g/mol. The van der Waals surface area contributed by atoms with Crippen molar-refractivity contribution in [3.8, 4) is 0 Å². The van der Waals surface area contributed by atoms with Gasteiger partial charge >= 0.3 is 0 Å². The summed E-state index contributed by atoms with van der Waals surface area (Å²) >= 11 is 0. The highest BCUT2D eigenvalue weighted by Crippen LogP contribution is 2.27. The van der Waals surface area contributed by atoms with Crippen molar-refractivity contribution in [3.05, 3.63) is 23.3 Å². The second-order valence-corrected chi connectivity index (χ2v) is 6.63. The van der Waals surface area contributed by atoms with Crippen LogP contribution < -0.4 is 16.0 Å². The Hall–Kier alpha value is -1.88. The van der Waals surface area contributed by atoms with Crippen molar-refractivity contribution < 1.29 is 0 Å². The van der Waals surface area contributed by atoms with Crippen LogP contribution in [0.1, 0.15) is 18.1 Å². The molecule has 21 heavy (non-hydrogen) atoms. The van der Waals surface area contributed by atoms with E-state index in [1.165, 1.54) is 11.1 Å². The van der Waals surface area contributed by atoms with E-state index in [4.69, 9.17) is 10.7 Å². The minimum atomic E-state index is 0.297. The number of aryl methyl sites for hydroxylation is 2. The number of rotatable bonds is 3. The monoisotopic (exact) mass is 285 g/mol. The molecule has 1 fully saturated rings. The normalized spacial score (nSPS) is 16.8. The third kappa shape index (κ3) is 2.53. The molecule has 1 saturated heterocycles. The summed E-state index contributed by atoms with van der Waals surface area (Å²) in [6.45, 7) is 9.46. The van der Waals surface area contributed by atoms with Gasteiger partial charge in [-0.25, -0.2) is 4.98 Å². The molecular weight excluding hydrogens is 262 g/mol. The first-order valence-electron chi connectivity index (χ1n) is 7.34. The minimum absolute atomic E-state index is 0.297. The lowest BCUT2D eigenvalue weighted by Gasteiger charge is -2.42. The van der Waals surface area contributed by atoms with E-state index in [-0.39, 0.29) is 0 Å². The van der Waals surface area contributed by atoms with Crippen LogP contribution in [0.2, 0.25) is 0 Å². The number of anilines is 2. The molecule has 112 valence electrons. The van der Waals surface area contributed by atoms with Crippen LogP contribution in [0.15, 0.2) is 12.1 Å². The third-order valence-corrected chi connectivity index (χ3v) is 4.39. The summed E-state index contributed by atoms with van der Waals surface area (Å²) in [4.78, 5) is 11.3. The van der Waals surface area contributed by atoms with Crippen LogP contribution in [0.4, 0.5) is 11.8 Å². The van der Waals surface area contributed by atoms with Crippen molar-refractivity contribution >= 4 is 22.7 Å². The molecule has 1 aliphatic heterocycles. The predicted octanol–water partition coefficient (Wildman–Crippen LogP) is 1.87. The second kappa shape index (κ2) is 4.84. The standard InChI is InChI=1S/C16H23N5/c1-10-5-12-13(6-11(10)2)19-15(20-14(12)17)21(4)9-16(3)7-18-8-16/h5-6,18H,7-9H2,1-4H3,(H2,17,19,20). The molecule has 0 spiro atoms. The Bertz CT molecular complexity index is 691. The Morgan fingerprint density at radius 3 is 2.52 bits per heavy atom. The maximum absolute atomic E-state index is 6.13. The number of nitrogens with zero attached hydrogens (tertiary/aromatic N) is 3. The maximum atomic E-state index is 6.13. The van der Waals surface area contributed by atoms with Crippen molar-refractivity contribution in [3.63, 3.8) is 0 Å². The molecule has 2 heterocycles. The minimum Gasteiger partial charge on any atom is -0.383 e. The van der Waals surface area contributed by atoms with E-state index in [2.05, 4.69) is 48.1 Å². The number of benzene rings is 1. The van der Waals surface area contributed by atoms with Gasteiger partial charge in [-0.3, -0.25) is 0 Å². The Labute approximate surface area is 125 Å². The first-order chi connectivity index (χ1) is 9.88. The molecule has 1 aliphatic rings. The first kappa shape index (κ1) is 14.1. The van der Waals surface area contributed by atoms with E-state index in [1.54, 1.807) is 0 Å². The lowest BCUT2D eigenvalue weighted by atomic mass is 9.84. The Balaban J connectivity index is 1.97. The van der Waals surface area contributed by atoms with Gasteiger partial charge in [-0.05, 0) is 37.1 Å². The van der Waals surface area contributed by atoms with Gasteiger partial charge in [-0.2, -0.15) is 4.98 Å². The molecule has 1 aromatic heterocycles. The van der Waals surface area contributed by atoms with Crippen LogP contribution in [0.25, 0.3) is 10.9 Å². The van der Waals surface area contributed by atoms with E-state index in [0.717, 1.165) is 30.5 Å². The summed E-state index contributed by atoms with van der Waals surface area (Å²) in [5.41, 5.74) is 9.79. The number of hydrogen-bond donors (Lipinski definition) is 2. The second-order valence-electron chi connectivity index (χ2n) is 6.63. The largest absolute Gasteiger partial charge is 0.383 e. The van der Waals surface area contributed by atoms with Crippen LogP contribution in [0.3, 0.4) is 0 Å². The van der Waals surface area contributed by atoms with Gasteiger partial charge in [-0.15, -0.1) is 0 Å². The Morgan fingerprint density at radius 2 is 1.90 bits per heavy atom. The molecule has 1 aromatic carbocycles. The Morgan fingerprint density at radius 1 is 1.24 bits per heavy atom. The smallest absolute Gasteiger partial charge is 0.227 e. The fourth-order valence-corrected chi connectivity index (χ4v) is 2.88. The fourth-order valence-electron chi connectivity index (χ4n) is 2.88. The molecule has 0 saturated carbocycles. The van der Waals surface area contributed by atoms with Crippen LogP contribution in [-0.2, 0) is 0 Å². The van der Waals surface area contributed by atoms with E-state index in [9.17, 15) is 0 Å². The number of hydrogen-bond acceptors (Lipinski definition) is 5. The summed E-state index contributed by atoms with van der Waals surface area (Å²) in [6.07, 6.45) is 0. The topological polar surface area (TPSA) is 67.1 Å². The van der Waals surface area contributed by atoms with E-state index in [1.807, 2.05) is 7.05 Å². The molecule has 3 N–H and O–H groups in total. The molecule has 0 unspecified atom stereocenters. The summed E-state index contributed by atoms with van der Waals surface area (Å²) in [5, 5.41) is 4.26. The Kier molecular flexibility index (Phi) is 3.24. The highest BCUT2D eigenvalue weighted by molar-refractivity contribution is 5.90. The highest BCUT2D eigenvalue weighted by atomic mass is 15.3. The number of aromatic nitrogens is 2. The summed E-state index contributed by atoms with van der Waals surface area (Å²) in [7, 11) is 2.03. The summed E-state index contributed by atoms with van der Waals surface area (Å²) in [6, 6.07) is 4.16. The molecule has 2 aromatic rings. The zero-order chi connectivity index (χ0) is 15.2. The van der Waals surface area contributed by atoms with Gasteiger partial charge in [0, 0.05) is 37.5 Å². The van der Waals surface area contributed by atoms with Crippen LogP contribution in [0, 0.1) is 19.3 Å². The number of nitrogens with two attached hydrogens (primary N) is 1. The van der Waals surface area contributed by atoms with Crippen LogP contribution >= 0.6 is 0 Å². The van der Waals surface area contributed by atoms with Gasteiger partial charge in [0.15, 0.2) is 0 Å². The lowest BCUT2D eigenvalue weighted by Crippen LogP contribution is -2.56. The van der Waals surface area contributed by atoms with Gasteiger partial charge in [0.05, 0.1) is 5.52 Å². The van der Waals surface area contributed by atoms with E-state index >= 15 is 0 Å². The zero-order valence-corrected chi connectivity index (χ0v) is 13.2. The third-order valence-electron chi connectivity index (χ3n) is 4.39. The highest BCUT2D eigenvalue weighted by Gasteiger charge is 2.33. The molecule has 0 atom stereocenters. The van der Waals surface area contributed by atoms with Crippen molar-refractivity contribution in [2.45, 2.75) is 20.8 Å². The molecule has 5 nitrogen and oxygen atoms in total. The van der Waals surface area contributed by atoms with Crippen LogP contribution in [0.5, 0.6) is 0 Å². The molecule has 3 rings (SSSR count). The molecule has 5 heteroatoms. The lowest BCUT2D eigenvalue weighted by molar-refractivity contribution is 0.204. The van der Waals surface area contributed by atoms with Gasteiger partial charge in [0.25, 0.3) is 0 Å². The van der Waals surface area contributed by atoms with Crippen molar-refractivity contribution in [2.24, 2.45) is 5.41 Å². The van der Waals surface area contributed by atoms with Crippen molar-refractivity contribution in [1.82, 2.24) is 15.3 Å². The summed E-state index contributed by atoms with van der Waals surface area (Å²) < 4.78 is 0. The number of nitrogen functional groups attached to an aromatic ring is 1. The first-order valence-corrected chi connectivity index (χ1v) is 7.34. The van der Waals surface area contributed by atoms with Gasteiger partial charge in [0.1, 0.15) is 5.82 Å². The van der Waals surface area contributed by atoms with Gasteiger partial charge in [-0.1, -0.05) is 6.92 Å². The van der Waals surface area contributed by atoms with Gasteiger partial charge < -0.3 is 16.0 Å². The molecule has 0 radical (unpaired) electrons. The quantitative estimate of drug-likeness (QED) is 0.901. The maximum Gasteiger partial charge on any atom is 0.227 e. The summed E-state index contributed by atoms with van der Waals surface area (Å²) in [5.74, 6) is 1.26. The van der Waals surface area contributed by atoms with Crippen molar-refractivity contribution in [1.29, 1.82) is 0 Å². The zero-order valence-electron chi connectivity index (χ0n) is 13.2. The van der Waals surface area contributed by atoms with Crippen LogP contribution in [-0.4, -0.2) is 36.6 Å². The number of nitrogens with one attached hydrogen (secondary N) is 1. The van der Waals surface area contributed by atoms with Gasteiger partial charge in [0.2, 0.25) is 5.95 Å². The molecule has 0 bridgehead atoms. The van der Waals surface area contributed by atoms with Crippen molar-refractivity contribution in [2.75, 3.05) is 37.3 Å². The molecule has 0 aliphatic carbocycles. The predicted molar refractivity (Wildman–Crippen MR) is 87.7 cm³/mol. The van der Waals surface area contributed by atoms with E-state index < -0.39 is 0 Å². The molecular formula is C16H23N5. The fraction of sp³-hybridized carbons (Fsp3) is 0.500.